The molecule has 1 fully saturated rings. The Kier molecular flexibility index (Phi) is 4.70. The zero-order chi connectivity index (χ0) is 17.1. The van der Waals surface area contributed by atoms with Crippen molar-refractivity contribution in [3.8, 4) is 11.5 Å². The smallest absolute Gasteiger partial charge is 0.318 e. The Morgan fingerprint density at radius 1 is 1.12 bits per heavy atom. The number of benzene rings is 2. The summed E-state index contributed by atoms with van der Waals surface area (Å²) in [5.74, 6) is 2.47. The number of carbonyl (C=O) groups excluding carboxylic acids is 1. The van der Waals surface area contributed by atoms with Gasteiger partial charge in [-0.2, -0.15) is 0 Å². The molecule has 0 spiro atoms. The van der Waals surface area contributed by atoms with Crippen molar-refractivity contribution in [1.29, 1.82) is 0 Å². The van der Waals surface area contributed by atoms with Crippen LogP contribution in [0.5, 0.6) is 11.5 Å². The molecule has 0 bridgehead atoms. The van der Waals surface area contributed by atoms with Crippen molar-refractivity contribution in [2.45, 2.75) is 11.9 Å². The van der Waals surface area contributed by atoms with E-state index in [0.717, 1.165) is 34.9 Å². The molecule has 1 saturated heterocycles. The number of nitrogens with one attached hydrogen (secondary N) is 1. The van der Waals surface area contributed by atoms with Crippen LogP contribution in [0.4, 0.5) is 4.79 Å². The van der Waals surface area contributed by atoms with Gasteiger partial charge >= 0.3 is 6.03 Å². The maximum absolute atomic E-state index is 12.6. The van der Waals surface area contributed by atoms with Crippen LogP contribution in [0.25, 0.3) is 0 Å². The first-order valence-electron chi connectivity index (χ1n) is 8.41. The lowest BCUT2D eigenvalue weighted by atomic mass is 10.1. The number of ether oxygens (including phenoxy) is 2. The van der Waals surface area contributed by atoms with E-state index in [1.54, 1.807) is 11.8 Å². The van der Waals surface area contributed by atoms with E-state index in [4.69, 9.17) is 9.47 Å². The van der Waals surface area contributed by atoms with Gasteiger partial charge in [0.15, 0.2) is 11.5 Å². The molecule has 0 aromatic heterocycles. The first-order valence-corrected chi connectivity index (χ1v) is 9.46. The second-order valence-corrected chi connectivity index (χ2v) is 7.15. The number of hydrogen-bond acceptors (Lipinski definition) is 4. The van der Waals surface area contributed by atoms with Gasteiger partial charge in [0.1, 0.15) is 18.6 Å². The minimum absolute atomic E-state index is 0.00611. The molecule has 6 heteroatoms. The van der Waals surface area contributed by atoms with E-state index < -0.39 is 0 Å². The number of fused-ring (bicyclic) bond motifs is 1. The summed E-state index contributed by atoms with van der Waals surface area (Å²) in [4.78, 5) is 14.5. The highest BCUT2D eigenvalue weighted by Crippen LogP contribution is 2.41. The van der Waals surface area contributed by atoms with Gasteiger partial charge < -0.3 is 19.7 Å². The number of hydrogen-bond donors (Lipinski definition) is 1. The maximum Gasteiger partial charge on any atom is 0.318 e. The van der Waals surface area contributed by atoms with Crippen LogP contribution in [0.3, 0.4) is 0 Å². The van der Waals surface area contributed by atoms with Gasteiger partial charge in [-0.05, 0) is 23.3 Å². The van der Waals surface area contributed by atoms with Crippen molar-refractivity contribution >= 4 is 17.8 Å². The summed E-state index contributed by atoms with van der Waals surface area (Å²) in [7, 11) is 0. The summed E-state index contributed by atoms with van der Waals surface area (Å²) in [5, 5.41) is 3.03. The molecule has 1 atom stereocenters. The summed E-state index contributed by atoms with van der Waals surface area (Å²) in [5.41, 5.74) is 2.17. The fraction of sp³-hybridized carbons (Fsp3) is 0.316. The molecule has 2 amide bonds. The summed E-state index contributed by atoms with van der Waals surface area (Å²) in [6.45, 7) is 2.42. The highest BCUT2D eigenvalue weighted by molar-refractivity contribution is 7.99. The van der Waals surface area contributed by atoms with Crippen LogP contribution in [-0.2, 0) is 6.54 Å². The molecule has 5 nitrogen and oxygen atoms in total. The fourth-order valence-electron chi connectivity index (χ4n) is 3.04. The van der Waals surface area contributed by atoms with Crippen LogP contribution in [0.2, 0.25) is 0 Å². The molecule has 4 rings (SSSR count). The average Bonchev–Trinajstić information content (AvgIpc) is 3.16. The number of thioether (sulfide) groups is 1. The highest BCUT2D eigenvalue weighted by Gasteiger charge is 2.31. The van der Waals surface area contributed by atoms with Crippen molar-refractivity contribution < 1.29 is 14.3 Å². The number of rotatable bonds is 3. The van der Waals surface area contributed by atoms with Crippen LogP contribution in [0.15, 0.2) is 48.5 Å². The third kappa shape index (κ3) is 3.54. The predicted molar refractivity (Wildman–Crippen MR) is 98.0 cm³/mol. The van der Waals surface area contributed by atoms with E-state index in [1.807, 2.05) is 53.4 Å². The molecule has 2 aromatic rings. The Morgan fingerprint density at radius 2 is 1.92 bits per heavy atom. The van der Waals surface area contributed by atoms with Gasteiger partial charge in [-0.3, -0.25) is 0 Å². The van der Waals surface area contributed by atoms with Crippen molar-refractivity contribution in [1.82, 2.24) is 10.2 Å². The van der Waals surface area contributed by atoms with Crippen molar-refractivity contribution in [3.05, 3.63) is 59.7 Å². The topological polar surface area (TPSA) is 50.8 Å². The monoisotopic (exact) mass is 356 g/mol. The molecule has 0 radical (unpaired) electrons. The number of carbonyl (C=O) groups is 1. The van der Waals surface area contributed by atoms with E-state index in [2.05, 4.69) is 5.32 Å². The van der Waals surface area contributed by atoms with Crippen molar-refractivity contribution in [2.24, 2.45) is 0 Å². The SMILES string of the molecule is O=C(NCc1ccccc1)N1CCSC1c1ccc2c(c1)OCCO2. The van der Waals surface area contributed by atoms with Crippen LogP contribution in [-0.4, -0.2) is 36.4 Å². The quantitative estimate of drug-likeness (QED) is 0.916. The molecule has 1 N–H and O–H groups in total. The molecule has 2 heterocycles. The van der Waals surface area contributed by atoms with Gasteiger partial charge in [0, 0.05) is 18.8 Å². The number of urea groups is 1. The lowest BCUT2D eigenvalue weighted by Gasteiger charge is -2.26. The molecular formula is C19H20N2O3S. The minimum atomic E-state index is -0.0336. The number of amides is 2. The zero-order valence-corrected chi connectivity index (χ0v) is 14.6. The Labute approximate surface area is 151 Å². The lowest BCUT2D eigenvalue weighted by Crippen LogP contribution is -2.39. The summed E-state index contributed by atoms with van der Waals surface area (Å²) >= 11 is 1.77. The van der Waals surface area contributed by atoms with E-state index in [9.17, 15) is 4.79 Å². The van der Waals surface area contributed by atoms with Crippen molar-refractivity contribution in [2.75, 3.05) is 25.5 Å². The second-order valence-electron chi connectivity index (χ2n) is 5.96. The first kappa shape index (κ1) is 16.1. The molecule has 2 aliphatic heterocycles. The number of nitrogens with zero attached hydrogens (tertiary/aromatic N) is 1. The van der Waals surface area contributed by atoms with Crippen LogP contribution < -0.4 is 14.8 Å². The van der Waals surface area contributed by atoms with E-state index in [1.165, 1.54) is 0 Å². The third-order valence-corrected chi connectivity index (χ3v) is 5.55. The van der Waals surface area contributed by atoms with Gasteiger partial charge in [0.25, 0.3) is 0 Å². The molecule has 1 unspecified atom stereocenters. The Morgan fingerprint density at radius 3 is 2.76 bits per heavy atom. The van der Waals surface area contributed by atoms with Gasteiger partial charge in [-0.25, -0.2) is 4.79 Å². The van der Waals surface area contributed by atoms with Crippen LogP contribution in [0, 0.1) is 0 Å². The summed E-state index contributed by atoms with van der Waals surface area (Å²) in [6, 6.07) is 15.9. The summed E-state index contributed by atoms with van der Waals surface area (Å²) < 4.78 is 11.2. The predicted octanol–water partition coefficient (Wildman–Crippen LogP) is 3.42. The molecule has 25 heavy (non-hydrogen) atoms. The van der Waals surface area contributed by atoms with E-state index in [0.29, 0.717) is 19.8 Å². The second kappa shape index (κ2) is 7.27. The van der Waals surface area contributed by atoms with Crippen molar-refractivity contribution in [3.63, 3.8) is 0 Å². The lowest BCUT2D eigenvalue weighted by molar-refractivity contribution is 0.171. The molecular weight excluding hydrogens is 336 g/mol. The molecule has 0 aliphatic carbocycles. The van der Waals surface area contributed by atoms with E-state index in [-0.39, 0.29) is 11.4 Å². The van der Waals surface area contributed by atoms with Gasteiger partial charge in [-0.1, -0.05) is 36.4 Å². The van der Waals surface area contributed by atoms with Gasteiger partial charge in [-0.15, -0.1) is 11.8 Å². The average molecular weight is 356 g/mol. The Bertz CT molecular complexity index is 754. The standard InChI is InChI=1S/C19H20N2O3S/c22-19(20-13-14-4-2-1-3-5-14)21-8-11-25-18(21)15-6-7-16-17(12-15)24-10-9-23-16/h1-7,12,18H,8-11,13H2,(H,20,22). The highest BCUT2D eigenvalue weighted by atomic mass is 32.2. The normalized spacial score (nSPS) is 18.9. The fourth-order valence-corrected chi connectivity index (χ4v) is 4.29. The first-order chi connectivity index (χ1) is 12.3. The maximum atomic E-state index is 12.6. The summed E-state index contributed by atoms with van der Waals surface area (Å²) in [6.07, 6.45) is 0. The molecule has 2 aromatic carbocycles. The van der Waals surface area contributed by atoms with Crippen LogP contribution in [0.1, 0.15) is 16.5 Å². The Hall–Kier alpha value is -2.34. The minimum Gasteiger partial charge on any atom is -0.486 e. The van der Waals surface area contributed by atoms with E-state index >= 15 is 0 Å². The third-order valence-electron chi connectivity index (χ3n) is 4.29. The molecule has 130 valence electrons. The Balaban J connectivity index is 1.45. The molecule has 0 saturated carbocycles. The molecule has 2 aliphatic rings. The zero-order valence-electron chi connectivity index (χ0n) is 13.8. The van der Waals surface area contributed by atoms with Gasteiger partial charge in [0.2, 0.25) is 0 Å². The van der Waals surface area contributed by atoms with Gasteiger partial charge in [0.05, 0.1) is 0 Å². The van der Waals surface area contributed by atoms with Crippen LogP contribution >= 0.6 is 11.8 Å². The largest absolute Gasteiger partial charge is 0.486 e.